The predicted octanol–water partition coefficient (Wildman–Crippen LogP) is 0.618. The second kappa shape index (κ2) is 4.26. The van der Waals surface area contributed by atoms with Gasteiger partial charge in [-0.05, 0) is 18.6 Å². The summed E-state index contributed by atoms with van der Waals surface area (Å²) in [5.41, 5.74) is 0. The minimum Gasteiger partial charge on any atom is -0.283 e. The largest absolute Gasteiger partial charge is 0.317 e. The van der Waals surface area contributed by atoms with E-state index < -0.39 is 5.17 Å². The van der Waals surface area contributed by atoms with E-state index in [0.717, 1.165) is 6.42 Å². The summed E-state index contributed by atoms with van der Waals surface area (Å²) in [7, 11) is 0. The maximum absolute atomic E-state index is 10.5. The van der Waals surface area contributed by atoms with E-state index in [1.165, 1.54) is 0 Å². The van der Waals surface area contributed by atoms with E-state index in [2.05, 4.69) is 12.2 Å². The van der Waals surface area contributed by atoms with Crippen molar-refractivity contribution in [3.05, 3.63) is 0 Å². The van der Waals surface area contributed by atoms with Crippen LogP contribution >= 0.6 is 12.2 Å². The molecular formula is C5H8NO2S. The average molecular weight is 146 g/mol. The summed E-state index contributed by atoms with van der Waals surface area (Å²) in [5, 5.41) is 11.3. The lowest BCUT2D eigenvalue weighted by atomic mass is 10.3. The van der Waals surface area contributed by atoms with Gasteiger partial charge >= 0.3 is 5.17 Å². The molecule has 0 aliphatic carbocycles. The first-order valence-corrected chi connectivity index (χ1v) is 3.08. The van der Waals surface area contributed by atoms with E-state index in [-0.39, 0.29) is 5.91 Å². The normalized spacial score (nSPS) is 8.56. The molecule has 3 nitrogen and oxygen atoms in total. The van der Waals surface area contributed by atoms with Gasteiger partial charge in [0.15, 0.2) is 0 Å². The lowest BCUT2D eigenvalue weighted by molar-refractivity contribution is -0.119. The first kappa shape index (κ1) is 8.36. The first-order chi connectivity index (χ1) is 4.16. The highest BCUT2D eigenvalue weighted by Gasteiger charge is 2.00. The third-order valence-electron chi connectivity index (χ3n) is 0.719. The predicted molar refractivity (Wildman–Crippen MR) is 36.3 cm³/mol. The van der Waals surface area contributed by atoms with Gasteiger partial charge in [-0.25, -0.2) is 0 Å². The molecule has 0 saturated carbocycles. The molecule has 0 aliphatic rings. The van der Waals surface area contributed by atoms with Crippen LogP contribution in [0.5, 0.6) is 0 Å². The molecule has 1 amide bonds. The molecule has 0 fully saturated rings. The summed E-state index contributed by atoms with van der Waals surface area (Å²) in [6, 6.07) is 0. The number of hydrogen-bond donors (Lipinski definition) is 1. The summed E-state index contributed by atoms with van der Waals surface area (Å²) >= 11 is 4.10. The number of carbonyl (C=O) groups is 1. The Labute approximate surface area is 59.1 Å². The third-order valence-corrected chi connectivity index (χ3v) is 0.821. The van der Waals surface area contributed by atoms with E-state index in [9.17, 15) is 9.90 Å². The topological polar surface area (TPSA) is 49.0 Å². The zero-order valence-electron chi connectivity index (χ0n) is 5.14. The van der Waals surface area contributed by atoms with E-state index in [0.29, 0.717) is 6.42 Å². The van der Waals surface area contributed by atoms with Gasteiger partial charge in [0.25, 0.3) is 0 Å². The van der Waals surface area contributed by atoms with Crippen LogP contribution in [0.3, 0.4) is 0 Å². The molecule has 1 radical (unpaired) electrons. The Morgan fingerprint density at radius 1 is 1.67 bits per heavy atom. The smallest absolute Gasteiger partial charge is 0.283 e. The molecule has 0 aromatic carbocycles. The molecule has 0 spiro atoms. The summed E-state index contributed by atoms with van der Waals surface area (Å²) in [4.78, 5) is 10.5. The molecule has 4 heteroatoms. The molecule has 0 aromatic rings. The van der Waals surface area contributed by atoms with Crippen molar-refractivity contribution >= 4 is 23.3 Å². The van der Waals surface area contributed by atoms with E-state index >= 15 is 0 Å². The fraction of sp³-hybridized carbons (Fsp3) is 0.600. The molecule has 0 bridgehead atoms. The highest BCUT2D eigenvalue weighted by atomic mass is 32.1. The minimum atomic E-state index is -0.701. The molecule has 0 aromatic heterocycles. The second-order valence-electron chi connectivity index (χ2n) is 1.59. The molecule has 9 heavy (non-hydrogen) atoms. The van der Waals surface area contributed by atoms with Crippen molar-refractivity contribution in [1.29, 1.82) is 0 Å². The first-order valence-electron chi connectivity index (χ1n) is 2.67. The van der Waals surface area contributed by atoms with Gasteiger partial charge in [0, 0.05) is 6.42 Å². The zero-order chi connectivity index (χ0) is 7.28. The van der Waals surface area contributed by atoms with Crippen LogP contribution in [-0.4, -0.2) is 11.1 Å². The SMILES string of the molecule is CCCC(=O)NC([O])=S. The highest BCUT2D eigenvalue weighted by molar-refractivity contribution is 7.79. The summed E-state index contributed by atoms with van der Waals surface area (Å²) in [6.45, 7) is 1.85. The van der Waals surface area contributed by atoms with Gasteiger partial charge in [0.05, 0.1) is 0 Å². The quantitative estimate of drug-likeness (QED) is 0.580. The molecule has 0 unspecified atom stereocenters. The van der Waals surface area contributed by atoms with Crippen LogP contribution in [0.25, 0.3) is 0 Å². The summed E-state index contributed by atoms with van der Waals surface area (Å²) in [5.74, 6) is -0.294. The standard InChI is InChI=1S/C5H8NO2S/c1-2-3-4(7)6-5(8)9/h2-3H2,1H3,(H,6,7,9). The number of thiocarbonyl (C=S) groups is 1. The van der Waals surface area contributed by atoms with Crippen LogP contribution in [-0.2, 0) is 9.90 Å². The van der Waals surface area contributed by atoms with Gasteiger partial charge in [-0.1, -0.05) is 6.92 Å². The van der Waals surface area contributed by atoms with Gasteiger partial charge in [-0.2, -0.15) is 0 Å². The van der Waals surface area contributed by atoms with Gasteiger partial charge in [-0.15, -0.1) is 0 Å². The fourth-order valence-electron chi connectivity index (χ4n) is 0.403. The summed E-state index contributed by atoms with van der Waals surface area (Å²) < 4.78 is 0. The maximum Gasteiger partial charge on any atom is 0.317 e. The Hall–Kier alpha value is -0.640. The van der Waals surface area contributed by atoms with Gasteiger partial charge < -0.3 is 0 Å². The van der Waals surface area contributed by atoms with Crippen LogP contribution in [0.2, 0.25) is 0 Å². The number of carbonyl (C=O) groups excluding carboxylic acids is 1. The molecule has 0 rings (SSSR count). The van der Waals surface area contributed by atoms with Crippen molar-refractivity contribution < 1.29 is 9.90 Å². The Morgan fingerprint density at radius 2 is 2.22 bits per heavy atom. The van der Waals surface area contributed by atoms with Gasteiger partial charge in [-0.3, -0.25) is 15.2 Å². The van der Waals surface area contributed by atoms with E-state index in [1.54, 1.807) is 0 Å². The summed E-state index contributed by atoms with van der Waals surface area (Å²) in [6.07, 6.45) is 1.09. The lowest BCUT2D eigenvalue weighted by Crippen LogP contribution is -2.26. The van der Waals surface area contributed by atoms with Gasteiger partial charge in [0.1, 0.15) is 0 Å². The number of amides is 1. The van der Waals surface area contributed by atoms with E-state index in [4.69, 9.17) is 0 Å². The molecule has 0 aliphatic heterocycles. The van der Waals surface area contributed by atoms with Crippen molar-refractivity contribution in [2.45, 2.75) is 19.8 Å². The van der Waals surface area contributed by atoms with Crippen molar-refractivity contribution in [1.82, 2.24) is 5.32 Å². The van der Waals surface area contributed by atoms with Crippen LogP contribution < -0.4 is 5.32 Å². The van der Waals surface area contributed by atoms with Crippen LogP contribution in [0, 0.1) is 0 Å². The second-order valence-corrected chi connectivity index (χ2v) is 1.96. The molecule has 0 saturated heterocycles. The Balaban J connectivity index is 3.39. The molecular weight excluding hydrogens is 138 g/mol. The Kier molecular flexibility index (Phi) is 3.96. The number of rotatable bonds is 2. The van der Waals surface area contributed by atoms with Crippen LogP contribution in [0.4, 0.5) is 0 Å². The third kappa shape index (κ3) is 5.23. The fourth-order valence-corrected chi connectivity index (χ4v) is 0.517. The van der Waals surface area contributed by atoms with Crippen molar-refractivity contribution in [2.75, 3.05) is 0 Å². The molecule has 51 valence electrons. The molecule has 0 heterocycles. The average Bonchev–Trinajstić information content (AvgIpc) is 1.63. The van der Waals surface area contributed by atoms with Crippen molar-refractivity contribution in [3.8, 4) is 0 Å². The Morgan fingerprint density at radius 3 is 2.56 bits per heavy atom. The monoisotopic (exact) mass is 146 g/mol. The number of nitrogens with one attached hydrogen (secondary N) is 1. The van der Waals surface area contributed by atoms with Crippen molar-refractivity contribution in [2.24, 2.45) is 0 Å². The molecule has 0 atom stereocenters. The van der Waals surface area contributed by atoms with E-state index in [1.807, 2.05) is 12.2 Å². The van der Waals surface area contributed by atoms with Crippen LogP contribution in [0.1, 0.15) is 19.8 Å². The minimum absolute atomic E-state index is 0.294. The lowest BCUT2D eigenvalue weighted by Gasteiger charge is -1.94. The maximum atomic E-state index is 10.5. The Bertz CT molecular complexity index is 124. The van der Waals surface area contributed by atoms with Gasteiger partial charge in [0.2, 0.25) is 5.91 Å². The van der Waals surface area contributed by atoms with Crippen LogP contribution in [0.15, 0.2) is 0 Å². The van der Waals surface area contributed by atoms with Crippen molar-refractivity contribution in [3.63, 3.8) is 0 Å². The zero-order valence-corrected chi connectivity index (χ0v) is 5.96. The number of hydrogen-bond acceptors (Lipinski definition) is 2. The molecule has 1 N–H and O–H groups in total. The highest BCUT2D eigenvalue weighted by Crippen LogP contribution is 1.84.